The van der Waals surface area contributed by atoms with E-state index in [4.69, 9.17) is 23.2 Å². The van der Waals surface area contributed by atoms with E-state index in [0.717, 1.165) is 25.7 Å². The molecular formula is C14H19Cl2N3O2. The smallest absolute Gasteiger partial charge is 0.272 e. The Kier molecular flexibility index (Phi) is 5.30. The summed E-state index contributed by atoms with van der Waals surface area (Å²) >= 11 is 12.4. The number of hydrogen-bond donors (Lipinski definition) is 1. The van der Waals surface area contributed by atoms with Gasteiger partial charge in [-0.2, -0.15) is 0 Å². The SMILES string of the molecule is CNC1CCC(N(C)c2c(Cl)cc([N+](=O)[O-])cc2Cl)CC1. The van der Waals surface area contributed by atoms with Crippen molar-refractivity contribution in [3.63, 3.8) is 0 Å². The average molecular weight is 332 g/mol. The van der Waals surface area contributed by atoms with Crippen LogP contribution in [0.4, 0.5) is 11.4 Å². The highest BCUT2D eigenvalue weighted by Gasteiger charge is 2.26. The molecule has 7 heteroatoms. The first kappa shape index (κ1) is 16.3. The van der Waals surface area contributed by atoms with Gasteiger partial charge in [-0.3, -0.25) is 10.1 Å². The average Bonchev–Trinajstić information content (AvgIpc) is 2.46. The monoisotopic (exact) mass is 331 g/mol. The van der Waals surface area contributed by atoms with Gasteiger partial charge in [0.05, 0.1) is 20.7 Å². The van der Waals surface area contributed by atoms with Crippen LogP contribution < -0.4 is 10.2 Å². The highest BCUT2D eigenvalue weighted by atomic mass is 35.5. The van der Waals surface area contributed by atoms with Crippen molar-refractivity contribution in [3.8, 4) is 0 Å². The van der Waals surface area contributed by atoms with Crippen LogP contribution in [0.2, 0.25) is 10.0 Å². The zero-order valence-corrected chi connectivity index (χ0v) is 13.6. The number of benzene rings is 1. The van der Waals surface area contributed by atoms with E-state index >= 15 is 0 Å². The molecule has 0 bridgehead atoms. The number of anilines is 1. The topological polar surface area (TPSA) is 58.4 Å². The Bertz CT molecular complexity index is 508. The van der Waals surface area contributed by atoms with Crippen LogP contribution in [-0.4, -0.2) is 31.1 Å². The predicted molar refractivity (Wildman–Crippen MR) is 86.6 cm³/mol. The Morgan fingerprint density at radius 1 is 1.24 bits per heavy atom. The minimum absolute atomic E-state index is 0.0824. The quantitative estimate of drug-likeness (QED) is 0.672. The molecule has 0 saturated heterocycles. The molecule has 1 fully saturated rings. The highest BCUT2D eigenvalue weighted by Crippen LogP contribution is 2.39. The van der Waals surface area contributed by atoms with Crippen molar-refractivity contribution in [3.05, 3.63) is 32.3 Å². The standard InChI is InChI=1S/C14H19Cl2N3O2/c1-17-9-3-5-10(6-4-9)18(2)14-12(15)7-11(19(20)21)8-13(14)16/h7-10,17H,3-6H2,1-2H3. The molecule has 0 amide bonds. The van der Waals surface area contributed by atoms with Crippen molar-refractivity contribution in [1.82, 2.24) is 5.32 Å². The first-order valence-electron chi connectivity index (χ1n) is 6.97. The maximum Gasteiger partial charge on any atom is 0.272 e. The van der Waals surface area contributed by atoms with Gasteiger partial charge in [0.25, 0.3) is 5.69 Å². The lowest BCUT2D eigenvalue weighted by atomic mass is 9.90. The molecule has 0 heterocycles. The summed E-state index contributed by atoms with van der Waals surface area (Å²) in [5.41, 5.74) is 0.595. The molecule has 1 aromatic carbocycles. The molecule has 1 aromatic rings. The molecule has 0 spiro atoms. The van der Waals surface area contributed by atoms with Gasteiger partial charge in [0, 0.05) is 31.3 Å². The second-order valence-corrected chi connectivity index (χ2v) is 6.23. The fraction of sp³-hybridized carbons (Fsp3) is 0.571. The lowest BCUT2D eigenvalue weighted by Crippen LogP contribution is -2.40. The number of nitro benzene ring substituents is 1. The molecule has 0 atom stereocenters. The number of nitro groups is 1. The Balaban J connectivity index is 2.20. The van der Waals surface area contributed by atoms with Crippen LogP contribution >= 0.6 is 23.2 Å². The Morgan fingerprint density at radius 3 is 2.19 bits per heavy atom. The van der Waals surface area contributed by atoms with Crippen molar-refractivity contribution >= 4 is 34.6 Å². The lowest BCUT2D eigenvalue weighted by molar-refractivity contribution is -0.384. The van der Waals surface area contributed by atoms with Crippen LogP contribution in [0.5, 0.6) is 0 Å². The summed E-state index contributed by atoms with van der Waals surface area (Å²) < 4.78 is 0. The van der Waals surface area contributed by atoms with E-state index in [-0.39, 0.29) is 5.69 Å². The molecule has 1 aliphatic carbocycles. The molecule has 5 nitrogen and oxygen atoms in total. The summed E-state index contributed by atoms with van der Waals surface area (Å²) in [6, 6.07) is 3.64. The van der Waals surface area contributed by atoms with Gasteiger partial charge in [-0.05, 0) is 32.7 Å². The molecule has 0 aliphatic heterocycles. The summed E-state index contributed by atoms with van der Waals surface area (Å²) in [7, 11) is 3.93. The van der Waals surface area contributed by atoms with E-state index < -0.39 is 4.92 Å². The van der Waals surface area contributed by atoms with Crippen LogP contribution in [0.1, 0.15) is 25.7 Å². The summed E-state index contributed by atoms with van der Waals surface area (Å²) in [5.74, 6) is 0. The van der Waals surface area contributed by atoms with Crippen molar-refractivity contribution in [1.29, 1.82) is 0 Å². The third-order valence-electron chi connectivity index (χ3n) is 4.22. The van der Waals surface area contributed by atoms with E-state index in [1.807, 2.05) is 14.1 Å². The Labute approximate surface area is 134 Å². The van der Waals surface area contributed by atoms with Gasteiger partial charge in [-0.25, -0.2) is 0 Å². The third kappa shape index (κ3) is 3.59. The zero-order chi connectivity index (χ0) is 15.6. The van der Waals surface area contributed by atoms with Gasteiger partial charge < -0.3 is 10.2 Å². The molecule has 1 aliphatic rings. The predicted octanol–water partition coefficient (Wildman–Crippen LogP) is 3.87. The molecule has 2 rings (SSSR count). The summed E-state index contributed by atoms with van der Waals surface area (Å²) in [6.45, 7) is 0. The maximum absolute atomic E-state index is 10.8. The van der Waals surface area contributed by atoms with Gasteiger partial charge in [0.2, 0.25) is 0 Å². The van der Waals surface area contributed by atoms with Crippen LogP contribution in [-0.2, 0) is 0 Å². The molecule has 116 valence electrons. The largest absolute Gasteiger partial charge is 0.369 e. The number of halogens is 2. The first-order chi connectivity index (χ1) is 9.93. The molecule has 1 saturated carbocycles. The Hall–Kier alpha value is -1.04. The third-order valence-corrected chi connectivity index (χ3v) is 4.79. The van der Waals surface area contributed by atoms with Crippen molar-refractivity contribution in [2.75, 3.05) is 19.0 Å². The molecule has 21 heavy (non-hydrogen) atoms. The summed E-state index contributed by atoms with van der Waals surface area (Å²) in [6.07, 6.45) is 4.30. The minimum Gasteiger partial charge on any atom is -0.369 e. The minimum atomic E-state index is -0.486. The summed E-state index contributed by atoms with van der Waals surface area (Å²) in [5, 5.41) is 14.8. The van der Waals surface area contributed by atoms with Crippen molar-refractivity contribution in [2.24, 2.45) is 0 Å². The number of hydrogen-bond acceptors (Lipinski definition) is 4. The van der Waals surface area contributed by atoms with E-state index in [9.17, 15) is 10.1 Å². The number of rotatable bonds is 4. The summed E-state index contributed by atoms with van der Waals surface area (Å²) in [4.78, 5) is 12.4. The van der Waals surface area contributed by atoms with Gasteiger partial charge in [-0.1, -0.05) is 23.2 Å². The first-order valence-corrected chi connectivity index (χ1v) is 7.73. The van der Waals surface area contributed by atoms with Crippen molar-refractivity contribution in [2.45, 2.75) is 37.8 Å². The van der Waals surface area contributed by atoms with E-state index in [1.54, 1.807) is 0 Å². The fourth-order valence-electron chi connectivity index (χ4n) is 2.93. The zero-order valence-electron chi connectivity index (χ0n) is 12.1. The lowest BCUT2D eigenvalue weighted by Gasteiger charge is -2.36. The van der Waals surface area contributed by atoms with Crippen LogP contribution in [0.25, 0.3) is 0 Å². The number of nitrogens with one attached hydrogen (secondary N) is 1. The van der Waals surface area contributed by atoms with E-state index in [2.05, 4.69) is 10.2 Å². The second-order valence-electron chi connectivity index (χ2n) is 5.42. The van der Waals surface area contributed by atoms with Crippen LogP contribution in [0.3, 0.4) is 0 Å². The molecule has 0 unspecified atom stereocenters. The number of nitrogens with zero attached hydrogens (tertiary/aromatic N) is 2. The van der Waals surface area contributed by atoms with Gasteiger partial charge in [-0.15, -0.1) is 0 Å². The molecule has 1 N–H and O–H groups in total. The van der Waals surface area contributed by atoms with E-state index in [0.29, 0.717) is 27.8 Å². The number of non-ortho nitro benzene ring substituents is 1. The molecular weight excluding hydrogens is 313 g/mol. The fourth-order valence-corrected chi connectivity index (χ4v) is 3.67. The molecule has 0 aromatic heterocycles. The van der Waals surface area contributed by atoms with Gasteiger partial charge in [0.1, 0.15) is 0 Å². The highest BCUT2D eigenvalue weighted by molar-refractivity contribution is 6.39. The second kappa shape index (κ2) is 6.81. The normalized spacial score (nSPS) is 22.1. The van der Waals surface area contributed by atoms with Crippen LogP contribution in [0, 0.1) is 10.1 Å². The van der Waals surface area contributed by atoms with Crippen molar-refractivity contribution < 1.29 is 4.92 Å². The van der Waals surface area contributed by atoms with Gasteiger partial charge in [0.15, 0.2) is 0 Å². The molecule has 0 radical (unpaired) electrons. The maximum atomic E-state index is 10.8. The van der Waals surface area contributed by atoms with Gasteiger partial charge >= 0.3 is 0 Å². The van der Waals surface area contributed by atoms with Crippen LogP contribution in [0.15, 0.2) is 12.1 Å². The van der Waals surface area contributed by atoms with E-state index in [1.165, 1.54) is 12.1 Å². The Morgan fingerprint density at radius 2 is 1.76 bits per heavy atom.